The van der Waals surface area contributed by atoms with Gasteiger partial charge in [0.15, 0.2) is 5.78 Å². The van der Waals surface area contributed by atoms with E-state index < -0.39 is 57.4 Å². The molecule has 2 aliphatic rings. The zero-order valence-electron chi connectivity index (χ0n) is 16.4. The van der Waals surface area contributed by atoms with E-state index in [2.05, 4.69) is 0 Å². The fourth-order valence-electron chi connectivity index (χ4n) is 4.62. The van der Waals surface area contributed by atoms with Crippen molar-refractivity contribution < 1.29 is 39.5 Å². The summed E-state index contributed by atoms with van der Waals surface area (Å²) in [5.74, 6) is -5.37. The Bertz CT molecular complexity index is 1130. The van der Waals surface area contributed by atoms with Crippen molar-refractivity contribution in [1.82, 2.24) is 0 Å². The van der Waals surface area contributed by atoms with Crippen LogP contribution in [-0.4, -0.2) is 50.7 Å². The molecule has 8 nitrogen and oxygen atoms in total. The number of benzene rings is 2. The van der Waals surface area contributed by atoms with Crippen molar-refractivity contribution in [3.63, 3.8) is 0 Å². The Hall–Kier alpha value is -3.39. The third-order valence-corrected chi connectivity index (χ3v) is 6.24. The molecule has 0 saturated heterocycles. The molecule has 0 amide bonds. The lowest BCUT2D eigenvalue weighted by molar-refractivity contribution is -0.151. The number of carbonyl (C=O) groups excluding carboxylic acids is 3. The van der Waals surface area contributed by atoms with Gasteiger partial charge in [0, 0.05) is 16.7 Å². The van der Waals surface area contributed by atoms with Gasteiger partial charge >= 0.3 is 5.97 Å². The van der Waals surface area contributed by atoms with Crippen LogP contribution >= 0.6 is 0 Å². The number of aliphatic hydroxyl groups is 1. The molecule has 0 bridgehead atoms. The number of methoxy groups -OCH3 is 1. The topological polar surface area (TPSA) is 141 Å². The summed E-state index contributed by atoms with van der Waals surface area (Å²) < 4.78 is 4.83. The van der Waals surface area contributed by atoms with Crippen LogP contribution in [0.5, 0.6) is 17.2 Å². The lowest BCUT2D eigenvalue weighted by Gasteiger charge is -2.40. The van der Waals surface area contributed by atoms with Crippen molar-refractivity contribution in [2.24, 2.45) is 0 Å². The van der Waals surface area contributed by atoms with Crippen molar-refractivity contribution in [3.8, 4) is 17.2 Å². The summed E-state index contributed by atoms with van der Waals surface area (Å²) in [6.07, 6.45) is 0.300. The first kappa shape index (κ1) is 19.9. The smallest absolute Gasteiger partial charge is 0.316 e. The molecule has 2 aliphatic carbocycles. The van der Waals surface area contributed by atoms with E-state index in [0.717, 1.165) is 7.11 Å². The highest BCUT2D eigenvalue weighted by molar-refractivity contribution is 6.31. The molecule has 0 saturated carbocycles. The highest BCUT2D eigenvalue weighted by atomic mass is 16.5. The second-order valence-corrected chi connectivity index (χ2v) is 7.61. The zero-order valence-corrected chi connectivity index (χ0v) is 16.4. The van der Waals surface area contributed by atoms with E-state index in [1.54, 1.807) is 6.92 Å². The second kappa shape index (κ2) is 6.56. The van der Waals surface area contributed by atoms with E-state index in [1.807, 2.05) is 0 Å². The summed E-state index contributed by atoms with van der Waals surface area (Å²) in [5.41, 5.74) is -2.83. The maximum atomic E-state index is 13.1. The average molecular weight is 412 g/mol. The summed E-state index contributed by atoms with van der Waals surface area (Å²) in [4.78, 5) is 38.8. The highest BCUT2D eigenvalue weighted by Crippen LogP contribution is 2.53. The molecular formula is C22H20O8. The van der Waals surface area contributed by atoms with E-state index in [1.165, 1.54) is 18.2 Å². The number of esters is 1. The number of hydrogen-bond acceptors (Lipinski definition) is 8. The maximum Gasteiger partial charge on any atom is 0.316 e. The molecule has 2 atom stereocenters. The van der Waals surface area contributed by atoms with Crippen molar-refractivity contribution in [1.29, 1.82) is 0 Å². The monoisotopic (exact) mass is 412 g/mol. The van der Waals surface area contributed by atoms with Crippen molar-refractivity contribution >= 4 is 17.5 Å². The number of rotatable bonds is 2. The van der Waals surface area contributed by atoms with E-state index in [-0.39, 0.29) is 41.5 Å². The Morgan fingerprint density at radius 1 is 1.10 bits per heavy atom. The Morgan fingerprint density at radius 2 is 1.77 bits per heavy atom. The van der Waals surface area contributed by atoms with Crippen LogP contribution in [0.4, 0.5) is 0 Å². The van der Waals surface area contributed by atoms with Gasteiger partial charge in [-0.15, -0.1) is 0 Å². The van der Waals surface area contributed by atoms with E-state index in [0.29, 0.717) is 0 Å². The van der Waals surface area contributed by atoms with E-state index in [4.69, 9.17) is 4.74 Å². The average Bonchev–Trinajstić information content (AvgIpc) is 2.73. The van der Waals surface area contributed by atoms with E-state index in [9.17, 15) is 34.8 Å². The molecule has 30 heavy (non-hydrogen) atoms. The Balaban J connectivity index is 2.07. The fourth-order valence-corrected chi connectivity index (χ4v) is 4.62. The van der Waals surface area contributed by atoms with Crippen molar-refractivity contribution in [2.45, 2.75) is 37.7 Å². The van der Waals surface area contributed by atoms with Crippen molar-refractivity contribution in [2.75, 3.05) is 7.11 Å². The first-order chi connectivity index (χ1) is 14.2. The molecule has 0 unspecified atom stereocenters. The van der Waals surface area contributed by atoms with Gasteiger partial charge < -0.3 is 25.2 Å². The maximum absolute atomic E-state index is 13.1. The van der Waals surface area contributed by atoms with Gasteiger partial charge in [0.25, 0.3) is 0 Å². The van der Waals surface area contributed by atoms with Crippen LogP contribution in [-0.2, 0) is 16.0 Å². The lowest BCUT2D eigenvalue weighted by Crippen LogP contribution is -2.44. The summed E-state index contributed by atoms with van der Waals surface area (Å²) in [6.45, 7) is 1.67. The van der Waals surface area contributed by atoms with Crippen LogP contribution < -0.4 is 0 Å². The second-order valence-electron chi connectivity index (χ2n) is 7.61. The van der Waals surface area contributed by atoms with Gasteiger partial charge in [-0.25, -0.2) is 0 Å². The largest absolute Gasteiger partial charge is 0.507 e. The predicted molar refractivity (Wildman–Crippen MR) is 103 cm³/mol. The molecule has 0 heterocycles. The summed E-state index contributed by atoms with van der Waals surface area (Å²) in [5, 5.41) is 43.1. The molecule has 4 N–H and O–H groups in total. The lowest BCUT2D eigenvalue weighted by atomic mass is 9.67. The molecule has 2 aromatic rings. The molecule has 0 spiro atoms. The number of aromatic hydroxyl groups is 3. The normalized spacial score (nSPS) is 22.2. The molecule has 156 valence electrons. The molecule has 0 fully saturated rings. The number of fused-ring (bicyclic) bond motifs is 3. The zero-order chi connectivity index (χ0) is 22.0. The Labute approximate surface area is 171 Å². The predicted octanol–water partition coefficient (Wildman–Crippen LogP) is 1.92. The minimum atomic E-state index is -1.56. The van der Waals surface area contributed by atoms with Crippen LogP contribution in [0.1, 0.15) is 68.7 Å². The Kier molecular flexibility index (Phi) is 4.36. The summed E-state index contributed by atoms with van der Waals surface area (Å²) in [7, 11) is 1.13. The summed E-state index contributed by atoms with van der Waals surface area (Å²) in [6, 6.07) is 3.96. The number of hydrogen-bond donors (Lipinski definition) is 4. The van der Waals surface area contributed by atoms with Gasteiger partial charge in [-0.05, 0) is 25.3 Å². The Morgan fingerprint density at radius 3 is 2.40 bits per heavy atom. The SMILES string of the molecule is CC[C@@]1(O)CCc2c(O)c3c(c(O)c2[C@H]1C(=O)OC)C(=O)c1cccc(O)c1C3=O. The third kappa shape index (κ3) is 2.40. The number of phenolic OH excluding ortho intramolecular Hbond substituents is 3. The fraction of sp³-hybridized carbons (Fsp3) is 0.318. The van der Waals surface area contributed by atoms with Gasteiger partial charge in [-0.2, -0.15) is 0 Å². The van der Waals surface area contributed by atoms with Gasteiger partial charge in [0.05, 0.1) is 29.4 Å². The van der Waals surface area contributed by atoms with E-state index >= 15 is 0 Å². The van der Waals surface area contributed by atoms with Gasteiger partial charge in [-0.1, -0.05) is 19.1 Å². The van der Waals surface area contributed by atoms with Gasteiger partial charge in [-0.3, -0.25) is 14.4 Å². The number of ether oxygens (including phenoxy) is 1. The van der Waals surface area contributed by atoms with Crippen LogP contribution in [0, 0.1) is 0 Å². The molecule has 0 radical (unpaired) electrons. The number of carbonyl (C=O) groups is 3. The molecule has 4 rings (SSSR count). The summed E-state index contributed by atoms with van der Waals surface area (Å²) >= 11 is 0. The van der Waals surface area contributed by atoms with Gasteiger partial charge in [0.1, 0.15) is 23.2 Å². The third-order valence-electron chi connectivity index (χ3n) is 6.24. The van der Waals surface area contributed by atoms with Crippen LogP contribution in [0.15, 0.2) is 18.2 Å². The van der Waals surface area contributed by atoms with Gasteiger partial charge in [0.2, 0.25) is 5.78 Å². The number of ketones is 2. The minimum Gasteiger partial charge on any atom is -0.507 e. The molecule has 2 aromatic carbocycles. The first-order valence-electron chi connectivity index (χ1n) is 9.50. The van der Waals surface area contributed by atoms with Crippen LogP contribution in [0.2, 0.25) is 0 Å². The highest BCUT2D eigenvalue weighted by Gasteiger charge is 2.50. The standard InChI is InChI=1S/C22H20O8/c1-3-22(29)8-7-10-13(16(22)21(28)30-2)20(27)15-14(18(10)25)19(26)12-9(17(15)24)5-4-6-11(12)23/h4-6,16,23,25,27,29H,3,7-8H2,1-2H3/t16-,22+/m0/s1. The van der Waals surface area contributed by atoms with Crippen LogP contribution in [0.25, 0.3) is 0 Å². The molecule has 0 aromatic heterocycles. The quantitative estimate of drug-likeness (QED) is 0.370. The molecule has 8 heteroatoms. The number of phenols is 3. The first-order valence-corrected chi connectivity index (χ1v) is 9.50. The van der Waals surface area contributed by atoms with Crippen LogP contribution in [0.3, 0.4) is 0 Å². The minimum absolute atomic E-state index is 0.0644. The molecular weight excluding hydrogens is 392 g/mol. The van der Waals surface area contributed by atoms with Crippen molar-refractivity contribution in [3.05, 3.63) is 51.6 Å². The molecule has 0 aliphatic heterocycles.